The minimum absolute atomic E-state index is 0.187. The summed E-state index contributed by atoms with van der Waals surface area (Å²) in [6, 6.07) is 12.7. The van der Waals surface area contributed by atoms with Gasteiger partial charge < -0.3 is 10.1 Å². The molecule has 0 aliphatic carbocycles. The van der Waals surface area contributed by atoms with E-state index in [1.807, 2.05) is 42.5 Å². The molecule has 0 aromatic heterocycles. The number of methoxy groups -OCH3 is 1. The largest absolute Gasteiger partial charge is 0.467 e. The quantitative estimate of drug-likeness (QED) is 0.870. The van der Waals surface area contributed by atoms with E-state index in [2.05, 4.69) is 5.32 Å². The summed E-state index contributed by atoms with van der Waals surface area (Å²) in [7, 11) is 1.31. The van der Waals surface area contributed by atoms with Crippen LogP contribution in [0.4, 0.5) is 0 Å². The van der Waals surface area contributed by atoms with Crippen molar-refractivity contribution in [1.82, 2.24) is 5.32 Å². The molecule has 4 nitrogen and oxygen atoms in total. The molecular weight excluding hydrogens is 254 g/mol. The Balaban J connectivity index is 2.39. The molecule has 1 N–H and O–H groups in total. The second kappa shape index (κ2) is 6.19. The van der Waals surface area contributed by atoms with E-state index in [4.69, 9.17) is 4.74 Å². The highest BCUT2D eigenvalue weighted by Crippen LogP contribution is 2.21. The summed E-state index contributed by atoms with van der Waals surface area (Å²) < 4.78 is 4.77. The van der Waals surface area contributed by atoms with Crippen molar-refractivity contribution in [3.05, 3.63) is 48.0 Å². The summed E-state index contributed by atoms with van der Waals surface area (Å²) in [5, 5.41) is 4.79. The molecule has 104 valence electrons. The molecule has 0 radical (unpaired) electrons. The smallest absolute Gasteiger partial charge is 0.333 e. The van der Waals surface area contributed by atoms with Crippen LogP contribution in [0.5, 0.6) is 0 Å². The van der Waals surface area contributed by atoms with Crippen LogP contribution in [-0.4, -0.2) is 19.0 Å². The van der Waals surface area contributed by atoms with Gasteiger partial charge in [0.05, 0.1) is 7.11 Å². The number of hydrogen-bond donors (Lipinski definition) is 1. The molecule has 2 aromatic carbocycles. The number of rotatable bonds is 4. The van der Waals surface area contributed by atoms with Crippen molar-refractivity contribution >= 4 is 22.6 Å². The van der Waals surface area contributed by atoms with Crippen molar-refractivity contribution in [3.63, 3.8) is 0 Å². The van der Waals surface area contributed by atoms with Crippen LogP contribution in [0.3, 0.4) is 0 Å². The van der Waals surface area contributed by atoms with Crippen LogP contribution in [0.15, 0.2) is 42.5 Å². The minimum Gasteiger partial charge on any atom is -0.467 e. The zero-order valence-electron chi connectivity index (χ0n) is 11.6. The van der Waals surface area contributed by atoms with Crippen molar-refractivity contribution in [1.29, 1.82) is 0 Å². The van der Waals surface area contributed by atoms with Crippen LogP contribution in [0, 0.1) is 0 Å². The van der Waals surface area contributed by atoms with Crippen molar-refractivity contribution in [2.75, 3.05) is 7.11 Å². The topological polar surface area (TPSA) is 55.4 Å². The predicted molar refractivity (Wildman–Crippen MR) is 77.1 cm³/mol. The van der Waals surface area contributed by atoms with Crippen LogP contribution >= 0.6 is 0 Å². The van der Waals surface area contributed by atoms with E-state index < -0.39 is 12.0 Å². The number of nitrogens with one attached hydrogen (secondary N) is 1. The first kappa shape index (κ1) is 14.1. The molecule has 1 unspecified atom stereocenters. The molecule has 1 atom stereocenters. The molecule has 1 amide bonds. The molecule has 0 saturated carbocycles. The molecule has 0 aliphatic rings. The molecule has 0 heterocycles. The Morgan fingerprint density at radius 3 is 2.50 bits per heavy atom. The van der Waals surface area contributed by atoms with Crippen LogP contribution in [0.2, 0.25) is 0 Å². The third kappa shape index (κ3) is 2.96. The first-order valence-corrected chi connectivity index (χ1v) is 6.51. The molecule has 2 aromatic rings. The Labute approximate surface area is 117 Å². The number of carbonyl (C=O) groups is 2. The van der Waals surface area contributed by atoms with Gasteiger partial charge in [0.15, 0.2) is 6.04 Å². The molecule has 0 spiro atoms. The van der Waals surface area contributed by atoms with Crippen LogP contribution in [-0.2, 0) is 14.3 Å². The summed E-state index contributed by atoms with van der Waals surface area (Å²) in [6.07, 6.45) is 0.321. The van der Waals surface area contributed by atoms with Gasteiger partial charge in [-0.05, 0) is 22.4 Å². The molecule has 0 aliphatic heterocycles. The molecule has 0 fully saturated rings. The number of hydrogen-bond acceptors (Lipinski definition) is 3. The minimum atomic E-state index is -0.767. The SMILES string of the molecule is CCC(=O)NC(C(=O)OC)c1ccc2ccccc2c1. The van der Waals surface area contributed by atoms with Crippen LogP contribution < -0.4 is 5.32 Å². The third-order valence-corrected chi connectivity index (χ3v) is 3.17. The van der Waals surface area contributed by atoms with Crippen molar-refractivity contribution in [2.45, 2.75) is 19.4 Å². The number of amides is 1. The lowest BCUT2D eigenvalue weighted by atomic mass is 10.0. The average Bonchev–Trinajstić information content (AvgIpc) is 2.51. The van der Waals surface area contributed by atoms with Gasteiger partial charge in [0.1, 0.15) is 0 Å². The van der Waals surface area contributed by atoms with E-state index in [1.165, 1.54) is 7.11 Å². The maximum atomic E-state index is 11.9. The molecule has 4 heteroatoms. The molecule has 0 saturated heterocycles. The lowest BCUT2D eigenvalue weighted by Crippen LogP contribution is -2.34. The lowest BCUT2D eigenvalue weighted by molar-refractivity contribution is -0.145. The zero-order valence-corrected chi connectivity index (χ0v) is 11.6. The number of benzene rings is 2. The number of esters is 1. The van der Waals surface area contributed by atoms with E-state index in [0.717, 1.165) is 16.3 Å². The monoisotopic (exact) mass is 271 g/mol. The molecular formula is C16H17NO3. The zero-order chi connectivity index (χ0) is 14.5. The van der Waals surface area contributed by atoms with Gasteiger partial charge in [0.25, 0.3) is 0 Å². The Bertz CT molecular complexity index is 636. The molecule has 2 rings (SSSR count). The highest BCUT2D eigenvalue weighted by atomic mass is 16.5. The summed E-state index contributed by atoms with van der Waals surface area (Å²) in [5.74, 6) is -0.657. The van der Waals surface area contributed by atoms with Crippen molar-refractivity contribution < 1.29 is 14.3 Å². The summed E-state index contributed by atoms with van der Waals surface area (Å²) in [4.78, 5) is 23.4. The maximum absolute atomic E-state index is 11.9. The highest BCUT2D eigenvalue weighted by Gasteiger charge is 2.23. The van der Waals surface area contributed by atoms with Gasteiger partial charge >= 0.3 is 5.97 Å². The van der Waals surface area contributed by atoms with Gasteiger partial charge in [0.2, 0.25) is 5.91 Å². The van der Waals surface area contributed by atoms with E-state index >= 15 is 0 Å². The Hall–Kier alpha value is -2.36. The van der Waals surface area contributed by atoms with E-state index in [1.54, 1.807) is 6.92 Å². The second-order valence-electron chi connectivity index (χ2n) is 4.48. The van der Waals surface area contributed by atoms with Crippen molar-refractivity contribution in [2.24, 2.45) is 0 Å². The Morgan fingerprint density at radius 2 is 1.85 bits per heavy atom. The molecule has 20 heavy (non-hydrogen) atoms. The van der Waals surface area contributed by atoms with Gasteiger partial charge in [-0.1, -0.05) is 43.3 Å². The predicted octanol–water partition coefficient (Wildman–Crippen LogP) is 2.58. The fourth-order valence-corrected chi connectivity index (χ4v) is 2.05. The van der Waals surface area contributed by atoms with E-state index in [-0.39, 0.29) is 5.91 Å². The van der Waals surface area contributed by atoms with Gasteiger partial charge in [-0.25, -0.2) is 4.79 Å². The third-order valence-electron chi connectivity index (χ3n) is 3.17. The fraction of sp³-hybridized carbons (Fsp3) is 0.250. The van der Waals surface area contributed by atoms with Crippen LogP contribution in [0.25, 0.3) is 10.8 Å². The lowest BCUT2D eigenvalue weighted by Gasteiger charge is -2.17. The fourth-order valence-electron chi connectivity index (χ4n) is 2.05. The van der Waals surface area contributed by atoms with Crippen molar-refractivity contribution in [3.8, 4) is 0 Å². The number of fused-ring (bicyclic) bond motifs is 1. The molecule has 0 bridgehead atoms. The average molecular weight is 271 g/mol. The maximum Gasteiger partial charge on any atom is 0.333 e. The van der Waals surface area contributed by atoms with E-state index in [9.17, 15) is 9.59 Å². The first-order chi connectivity index (χ1) is 9.65. The second-order valence-corrected chi connectivity index (χ2v) is 4.48. The number of ether oxygens (including phenoxy) is 1. The standard InChI is InChI=1S/C16H17NO3/c1-3-14(18)17-15(16(19)20-2)13-9-8-11-6-4-5-7-12(11)10-13/h4-10,15H,3H2,1-2H3,(H,17,18). The van der Waals surface area contributed by atoms with Gasteiger partial charge in [-0.3, -0.25) is 4.79 Å². The van der Waals surface area contributed by atoms with Crippen LogP contribution in [0.1, 0.15) is 24.9 Å². The van der Waals surface area contributed by atoms with Gasteiger partial charge in [-0.15, -0.1) is 0 Å². The summed E-state index contributed by atoms with van der Waals surface area (Å²) >= 11 is 0. The van der Waals surface area contributed by atoms with Gasteiger partial charge in [0, 0.05) is 6.42 Å². The summed E-state index contributed by atoms with van der Waals surface area (Å²) in [5.41, 5.74) is 0.720. The van der Waals surface area contributed by atoms with E-state index in [0.29, 0.717) is 6.42 Å². The normalized spacial score (nSPS) is 11.9. The number of carbonyl (C=O) groups excluding carboxylic acids is 2. The summed E-state index contributed by atoms with van der Waals surface area (Å²) in [6.45, 7) is 1.74. The Kier molecular flexibility index (Phi) is 4.35. The Morgan fingerprint density at radius 1 is 1.15 bits per heavy atom. The van der Waals surface area contributed by atoms with Gasteiger partial charge in [-0.2, -0.15) is 0 Å². The first-order valence-electron chi connectivity index (χ1n) is 6.51. The highest BCUT2D eigenvalue weighted by molar-refractivity contribution is 5.88.